The Balaban J connectivity index is 2.48. The first-order chi connectivity index (χ1) is 8.27. The Morgan fingerprint density at radius 3 is 2.82 bits per heavy atom. The Morgan fingerprint density at radius 1 is 1.53 bits per heavy atom. The minimum absolute atomic E-state index is 0.0678. The predicted octanol–water partition coefficient (Wildman–Crippen LogP) is 2.00. The Hall–Kier alpha value is -1.89. The summed E-state index contributed by atoms with van der Waals surface area (Å²) in [5, 5.41) is 11.9. The van der Waals surface area contributed by atoms with Crippen molar-refractivity contribution in [3.8, 4) is 6.07 Å². The number of nitriles is 1. The van der Waals surface area contributed by atoms with Crippen molar-refractivity contribution in [3.05, 3.63) is 30.1 Å². The molecule has 0 aromatic carbocycles. The van der Waals surface area contributed by atoms with Gasteiger partial charge in [-0.25, -0.2) is 0 Å². The van der Waals surface area contributed by atoms with E-state index in [9.17, 15) is 4.79 Å². The zero-order valence-corrected chi connectivity index (χ0v) is 10.0. The van der Waals surface area contributed by atoms with E-state index in [0.29, 0.717) is 6.54 Å². The van der Waals surface area contributed by atoms with E-state index < -0.39 is 0 Å². The van der Waals surface area contributed by atoms with Crippen molar-refractivity contribution in [1.82, 2.24) is 10.3 Å². The molecule has 0 spiro atoms. The quantitative estimate of drug-likeness (QED) is 0.761. The highest BCUT2D eigenvalue weighted by atomic mass is 16.1. The molecule has 1 unspecified atom stereocenters. The molecule has 1 aromatic heterocycles. The summed E-state index contributed by atoms with van der Waals surface area (Å²) in [6.45, 7) is 2.75. The Bertz CT molecular complexity index is 383. The predicted molar refractivity (Wildman–Crippen MR) is 65.1 cm³/mol. The molecule has 0 fully saturated rings. The molecular formula is C13H17N3O. The molecule has 1 aromatic rings. The molecule has 0 saturated carbocycles. The number of hydrogen-bond donors (Lipinski definition) is 1. The fraction of sp³-hybridized carbons (Fsp3) is 0.462. The van der Waals surface area contributed by atoms with Crippen molar-refractivity contribution in [1.29, 1.82) is 5.26 Å². The largest absolute Gasteiger partial charge is 0.356 e. The normalized spacial score (nSPS) is 11.5. The lowest BCUT2D eigenvalue weighted by Crippen LogP contribution is -2.25. The molecule has 1 atom stereocenters. The number of carbonyl (C=O) groups excluding carboxylic acids is 1. The zero-order valence-electron chi connectivity index (χ0n) is 10.0. The second-order valence-corrected chi connectivity index (χ2v) is 3.87. The van der Waals surface area contributed by atoms with Crippen LogP contribution in [-0.4, -0.2) is 17.4 Å². The monoisotopic (exact) mass is 231 g/mol. The SMILES string of the molecule is CCCCNC(=O)CC(C#N)c1ccncc1. The lowest BCUT2D eigenvalue weighted by molar-refractivity contribution is -0.121. The van der Waals surface area contributed by atoms with Gasteiger partial charge >= 0.3 is 0 Å². The molecule has 0 aliphatic carbocycles. The van der Waals surface area contributed by atoms with Crippen LogP contribution in [0.1, 0.15) is 37.7 Å². The number of aromatic nitrogens is 1. The minimum atomic E-state index is -0.389. The summed E-state index contributed by atoms with van der Waals surface area (Å²) in [7, 11) is 0. The highest BCUT2D eigenvalue weighted by Crippen LogP contribution is 2.17. The van der Waals surface area contributed by atoms with Crippen molar-refractivity contribution in [2.24, 2.45) is 0 Å². The van der Waals surface area contributed by atoms with Crippen LogP contribution < -0.4 is 5.32 Å². The first-order valence-electron chi connectivity index (χ1n) is 5.84. The van der Waals surface area contributed by atoms with E-state index in [1.807, 2.05) is 0 Å². The van der Waals surface area contributed by atoms with Gasteiger partial charge < -0.3 is 5.32 Å². The van der Waals surface area contributed by atoms with Crippen LogP contribution in [0.25, 0.3) is 0 Å². The molecular weight excluding hydrogens is 214 g/mol. The van der Waals surface area contributed by atoms with Crippen LogP contribution in [0, 0.1) is 11.3 Å². The van der Waals surface area contributed by atoms with Gasteiger partial charge in [-0.1, -0.05) is 13.3 Å². The molecule has 0 aliphatic heterocycles. The third-order valence-electron chi connectivity index (χ3n) is 2.51. The third-order valence-corrected chi connectivity index (χ3v) is 2.51. The second kappa shape index (κ2) is 7.39. The maximum atomic E-state index is 11.6. The summed E-state index contributed by atoms with van der Waals surface area (Å²) in [6.07, 6.45) is 5.50. The average Bonchev–Trinajstić information content (AvgIpc) is 2.37. The lowest BCUT2D eigenvalue weighted by Gasteiger charge is -2.09. The molecule has 4 nitrogen and oxygen atoms in total. The van der Waals surface area contributed by atoms with Crippen LogP contribution in [0.5, 0.6) is 0 Å². The maximum Gasteiger partial charge on any atom is 0.221 e. The van der Waals surface area contributed by atoms with Gasteiger partial charge in [0.15, 0.2) is 0 Å². The van der Waals surface area contributed by atoms with Gasteiger partial charge in [0.25, 0.3) is 0 Å². The summed E-state index contributed by atoms with van der Waals surface area (Å²) in [6, 6.07) is 5.69. The third kappa shape index (κ3) is 4.64. The number of amides is 1. The van der Waals surface area contributed by atoms with Gasteiger partial charge in [-0.3, -0.25) is 9.78 Å². The molecule has 1 amide bonds. The van der Waals surface area contributed by atoms with E-state index in [1.165, 1.54) is 0 Å². The van der Waals surface area contributed by atoms with Crippen molar-refractivity contribution < 1.29 is 4.79 Å². The van der Waals surface area contributed by atoms with Gasteiger partial charge in [0.2, 0.25) is 5.91 Å². The van der Waals surface area contributed by atoms with Gasteiger partial charge in [-0.2, -0.15) is 5.26 Å². The standard InChI is InChI=1S/C13H17N3O/c1-2-3-6-16-13(17)9-12(10-14)11-4-7-15-8-5-11/h4-5,7-8,12H,2-3,6,9H2,1H3,(H,16,17). The number of carbonyl (C=O) groups is 1. The zero-order chi connectivity index (χ0) is 12.5. The van der Waals surface area contributed by atoms with Gasteiger partial charge in [0.1, 0.15) is 0 Å². The van der Waals surface area contributed by atoms with Gasteiger partial charge in [-0.05, 0) is 24.1 Å². The Morgan fingerprint density at radius 2 is 2.24 bits per heavy atom. The smallest absolute Gasteiger partial charge is 0.221 e. The molecule has 17 heavy (non-hydrogen) atoms. The fourth-order valence-corrected chi connectivity index (χ4v) is 1.50. The fourth-order valence-electron chi connectivity index (χ4n) is 1.50. The van der Waals surface area contributed by atoms with E-state index in [0.717, 1.165) is 18.4 Å². The molecule has 1 heterocycles. The molecule has 1 N–H and O–H groups in total. The topological polar surface area (TPSA) is 65.8 Å². The van der Waals surface area contributed by atoms with Crippen LogP contribution >= 0.6 is 0 Å². The summed E-state index contributed by atoms with van der Waals surface area (Å²) < 4.78 is 0. The first kappa shape index (κ1) is 13.2. The highest BCUT2D eigenvalue weighted by molar-refractivity contribution is 5.77. The average molecular weight is 231 g/mol. The minimum Gasteiger partial charge on any atom is -0.356 e. The maximum absolute atomic E-state index is 11.6. The molecule has 90 valence electrons. The molecule has 0 bridgehead atoms. The van der Waals surface area contributed by atoms with Crippen molar-refractivity contribution in [2.75, 3.05) is 6.54 Å². The van der Waals surface area contributed by atoms with Gasteiger partial charge in [0, 0.05) is 25.4 Å². The van der Waals surface area contributed by atoms with E-state index in [2.05, 4.69) is 23.3 Å². The molecule has 0 aliphatic rings. The number of nitrogens with zero attached hydrogens (tertiary/aromatic N) is 2. The Kier molecular flexibility index (Phi) is 5.73. The summed E-state index contributed by atoms with van der Waals surface area (Å²) in [5.41, 5.74) is 0.841. The van der Waals surface area contributed by atoms with E-state index in [-0.39, 0.29) is 18.2 Å². The number of pyridine rings is 1. The second-order valence-electron chi connectivity index (χ2n) is 3.87. The number of rotatable bonds is 6. The molecule has 0 radical (unpaired) electrons. The van der Waals surface area contributed by atoms with Gasteiger partial charge in [-0.15, -0.1) is 0 Å². The molecule has 1 rings (SSSR count). The van der Waals surface area contributed by atoms with Crippen molar-refractivity contribution in [3.63, 3.8) is 0 Å². The molecule has 4 heteroatoms. The van der Waals surface area contributed by atoms with Crippen LogP contribution in [0.3, 0.4) is 0 Å². The molecule has 0 saturated heterocycles. The van der Waals surface area contributed by atoms with Gasteiger partial charge in [0.05, 0.1) is 12.0 Å². The number of nitrogens with one attached hydrogen (secondary N) is 1. The Labute approximate surface area is 102 Å². The first-order valence-corrected chi connectivity index (χ1v) is 5.84. The van der Waals surface area contributed by atoms with Crippen molar-refractivity contribution in [2.45, 2.75) is 32.1 Å². The van der Waals surface area contributed by atoms with Crippen molar-refractivity contribution >= 4 is 5.91 Å². The van der Waals surface area contributed by atoms with E-state index in [4.69, 9.17) is 5.26 Å². The summed E-state index contributed by atoms with van der Waals surface area (Å²) >= 11 is 0. The van der Waals surface area contributed by atoms with Crippen LogP contribution in [0.2, 0.25) is 0 Å². The van der Waals surface area contributed by atoms with Crippen LogP contribution in [0.15, 0.2) is 24.5 Å². The summed E-state index contributed by atoms with van der Waals surface area (Å²) in [4.78, 5) is 15.5. The summed E-state index contributed by atoms with van der Waals surface area (Å²) in [5.74, 6) is -0.457. The van der Waals surface area contributed by atoms with Crippen LogP contribution in [0.4, 0.5) is 0 Å². The lowest BCUT2D eigenvalue weighted by atomic mass is 9.98. The number of unbranched alkanes of at least 4 members (excludes halogenated alkanes) is 1. The van der Waals surface area contributed by atoms with E-state index >= 15 is 0 Å². The van der Waals surface area contributed by atoms with E-state index in [1.54, 1.807) is 24.5 Å². The van der Waals surface area contributed by atoms with Crippen LogP contribution in [-0.2, 0) is 4.79 Å². The highest BCUT2D eigenvalue weighted by Gasteiger charge is 2.14. The number of hydrogen-bond acceptors (Lipinski definition) is 3.